The van der Waals surface area contributed by atoms with Crippen LogP contribution in [0.1, 0.15) is 89.5 Å². The normalized spacial score (nSPS) is 10.9. The van der Waals surface area contributed by atoms with Crippen LogP contribution in [0.2, 0.25) is 5.15 Å². The van der Waals surface area contributed by atoms with E-state index in [4.69, 9.17) is 11.6 Å². The molecule has 1 heterocycles. The lowest BCUT2D eigenvalue weighted by molar-refractivity contribution is -0.118. The fraction of sp³-hybridized carbons (Fsp3) is 0.700. The Morgan fingerprint density at radius 3 is 2.09 bits per heavy atom. The highest BCUT2D eigenvalue weighted by Crippen LogP contribution is 2.13. The Hall–Kier alpha value is -0.890. The number of carbonyl (C=O) groups excluding carboxylic acids is 1. The third-order valence-corrected chi connectivity index (χ3v) is 4.46. The monoisotopic (exact) mass is 337 g/mol. The summed E-state index contributed by atoms with van der Waals surface area (Å²) < 4.78 is 0. The van der Waals surface area contributed by atoms with Gasteiger partial charge in [0.1, 0.15) is 10.9 Å². The van der Waals surface area contributed by atoms with E-state index in [1.54, 1.807) is 12.3 Å². The third-order valence-electron chi connectivity index (χ3n) is 4.25. The van der Waals surface area contributed by atoms with Gasteiger partial charge < -0.3 is 0 Å². The van der Waals surface area contributed by atoms with Gasteiger partial charge in [0.15, 0.2) is 0 Å². The van der Waals surface area contributed by atoms with Crippen LogP contribution in [-0.4, -0.2) is 10.8 Å². The van der Waals surface area contributed by atoms with E-state index < -0.39 is 0 Å². The average Bonchev–Trinajstić information content (AvgIpc) is 2.52. The first-order valence-corrected chi connectivity index (χ1v) is 9.72. The van der Waals surface area contributed by atoms with E-state index in [2.05, 4.69) is 11.9 Å². The van der Waals surface area contributed by atoms with Crippen LogP contribution >= 0.6 is 11.6 Å². The zero-order chi connectivity index (χ0) is 16.8. The minimum absolute atomic E-state index is 0.309. The molecule has 1 rings (SSSR count). The van der Waals surface area contributed by atoms with Gasteiger partial charge in [-0.3, -0.25) is 4.79 Å². The summed E-state index contributed by atoms with van der Waals surface area (Å²) in [4.78, 5) is 15.9. The second kappa shape index (κ2) is 13.5. The highest BCUT2D eigenvalue weighted by molar-refractivity contribution is 6.29. The fourth-order valence-electron chi connectivity index (χ4n) is 2.85. The number of hydrogen-bond donors (Lipinski definition) is 0. The molecule has 0 unspecified atom stereocenters. The molecule has 0 fully saturated rings. The molecule has 23 heavy (non-hydrogen) atoms. The van der Waals surface area contributed by atoms with Gasteiger partial charge in [0.05, 0.1) is 0 Å². The first-order valence-electron chi connectivity index (χ1n) is 9.34. The van der Waals surface area contributed by atoms with Crippen molar-refractivity contribution in [2.24, 2.45) is 0 Å². The summed E-state index contributed by atoms with van der Waals surface area (Å²) in [6, 6.07) is 3.64. The first-order chi connectivity index (χ1) is 11.2. The quantitative estimate of drug-likeness (QED) is 0.284. The SMILES string of the molecule is CCCCCCCCCCCCCC(=O)Cc1ccnc(Cl)c1. The Morgan fingerprint density at radius 2 is 1.52 bits per heavy atom. The Bertz CT molecular complexity index is 433. The maximum absolute atomic E-state index is 11.9. The van der Waals surface area contributed by atoms with Gasteiger partial charge in [-0.15, -0.1) is 0 Å². The van der Waals surface area contributed by atoms with Gasteiger partial charge in [-0.1, -0.05) is 82.7 Å². The standard InChI is InChI=1S/C20H32ClNO/c1-2-3-4-5-6-7-8-9-10-11-12-13-19(23)16-18-14-15-22-20(21)17-18/h14-15,17H,2-13,16H2,1H3. The Kier molecular flexibility index (Phi) is 11.9. The van der Waals surface area contributed by atoms with Gasteiger partial charge in [0.25, 0.3) is 0 Å². The van der Waals surface area contributed by atoms with Crippen LogP contribution in [0.3, 0.4) is 0 Å². The van der Waals surface area contributed by atoms with Gasteiger partial charge in [0, 0.05) is 19.0 Å². The molecule has 0 radical (unpaired) electrons. The van der Waals surface area contributed by atoms with E-state index in [1.165, 1.54) is 64.2 Å². The highest BCUT2D eigenvalue weighted by Gasteiger charge is 2.04. The molecule has 0 aliphatic rings. The number of hydrogen-bond acceptors (Lipinski definition) is 2. The van der Waals surface area contributed by atoms with Crippen molar-refractivity contribution in [2.45, 2.75) is 90.4 Å². The molecule has 0 aromatic carbocycles. The average molecular weight is 338 g/mol. The second-order valence-corrected chi connectivity index (χ2v) is 6.88. The van der Waals surface area contributed by atoms with Crippen molar-refractivity contribution in [1.29, 1.82) is 0 Å². The second-order valence-electron chi connectivity index (χ2n) is 6.49. The van der Waals surface area contributed by atoms with E-state index in [9.17, 15) is 4.79 Å². The van der Waals surface area contributed by atoms with E-state index in [-0.39, 0.29) is 0 Å². The number of aromatic nitrogens is 1. The molecule has 2 nitrogen and oxygen atoms in total. The van der Waals surface area contributed by atoms with Crippen molar-refractivity contribution >= 4 is 17.4 Å². The molecule has 0 saturated carbocycles. The predicted octanol–water partition coefficient (Wildman–Crippen LogP) is 6.55. The van der Waals surface area contributed by atoms with Crippen LogP contribution in [-0.2, 0) is 11.2 Å². The summed E-state index contributed by atoms with van der Waals surface area (Å²) in [5.41, 5.74) is 0.970. The molecule has 0 spiro atoms. The number of halogens is 1. The van der Waals surface area contributed by atoms with Crippen molar-refractivity contribution in [2.75, 3.05) is 0 Å². The summed E-state index contributed by atoms with van der Waals surface area (Å²) in [6.45, 7) is 2.26. The highest BCUT2D eigenvalue weighted by atomic mass is 35.5. The molecular formula is C20H32ClNO. The number of unbranched alkanes of at least 4 members (excludes halogenated alkanes) is 10. The largest absolute Gasteiger partial charge is 0.299 e. The van der Waals surface area contributed by atoms with Crippen LogP contribution in [0.15, 0.2) is 18.3 Å². The Labute approximate surface area is 147 Å². The van der Waals surface area contributed by atoms with E-state index in [1.807, 2.05) is 6.07 Å². The number of ketones is 1. The van der Waals surface area contributed by atoms with Gasteiger partial charge in [0.2, 0.25) is 0 Å². The number of rotatable bonds is 14. The van der Waals surface area contributed by atoms with Crippen LogP contribution in [0.25, 0.3) is 0 Å². The van der Waals surface area contributed by atoms with Crippen LogP contribution < -0.4 is 0 Å². The Morgan fingerprint density at radius 1 is 0.957 bits per heavy atom. The predicted molar refractivity (Wildman–Crippen MR) is 99.0 cm³/mol. The maximum atomic E-state index is 11.9. The lowest BCUT2D eigenvalue weighted by Gasteiger charge is -2.03. The van der Waals surface area contributed by atoms with Crippen molar-refractivity contribution in [1.82, 2.24) is 4.98 Å². The van der Waals surface area contributed by atoms with Crippen molar-refractivity contribution < 1.29 is 4.79 Å². The van der Waals surface area contributed by atoms with Gasteiger partial charge in [-0.2, -0.15) is 0 Å². The van der Waals surface area contributed by atoms with E-state index in [0.717, 1.165) is 12.0 Å². The molecular weight excluding hydrogens is 306 g/mol. The minimum atomic E-state index is 0.309. The van der Waals surface area contributed by atoms with Crippen LogP contribution in [0, 0.1) is 0 Å². The topological polar surface area (TPSA) is 30.0 Å². The van der Waals surface area contributed by atoms with Crippen LogP contribution in [0.4, 0.5) is 0 Å². The minimum Gasteiger partial charge on any atom is -0.299 e. The lowest BCUT2D eigenvalue weighted by atomic mass is 10.0. The van der Waals surface area contributed by atoms with Gasteiger partial charge in [-0.05, 0) is 24.1 Å². The molecule has 0 amide bonds. The molecule has 1 aromatic heterocycles. The molecule has 0 atom stereocenters. The van der Waals surface area contributed by atoms with Gasteiger partial charge in [-0.25, -0.2) is 4.98 Å². The Balaban J connectivity index is 1.91. The van der Waals surface area contributed by atoms with Crippen molar-refractivity contribution in [3.63, 3.8) is 0 Å². The summed E-state index contributed by atoms with van der Waals surface area (Å²) in [6.07, 6.45) is 17.3. The summed E-state index contributed by atoms with van der Waals surface area (Å²) in [7, 11) is 0. The zero-order valence-corrected chi connectivity index (χ0v) is 15.4. The molecule has 0 N–H and O–H groups in total. The number of carbonyl (C=O) groups is 1. The lowest BCUT2D eigenvalue weighted by Crippen LogP contribution is -2.02. The summed E-state index contributed by atoms with van der Waals surface area (Å²) in [5, 5.41) is 0.463. The maximum Gasteiger partial charge on any atom is 0.137 e. The molecule has 1 aromatic rings. The fourth-order valence-corrected chi connectivity index (χ4v) is 3.05. The molecule has 0 aliphatic heterocycles. The zero-order valence-electron chi connectivity index (χ0n) is 14.7. The molecule has 130 valence electrons. The van der Waals surface area contributed by atoms with E-state index in [0.29, 0.717) is 23.8 Å². The first kappa shape index (κ1) is 20.2. The summed E-state index contributed by atoms with van der Waals surface area (Å²) in [5.74, 6) is 0.309. The summed E-state index contributed by atoms with van der Waals surface area (Å²) >= 11 is 5.83. The number of Topliss-reactive ketones (excluding diaryl/α,β-unsaturated/α-hetero) is 1. The number of pyridine rings is 1. The van der Waals surface area contributed by atoms with E-state index >= 15 is 0 Å². The molecule has 0 aliphatic carbocycles. The molecule has 0 bridgehead atoms. The molecule has 0 saturated heterocycles. The van der Waals surface area contributed by atoms with Crippen molar-refractivity contribution in [3.05, 3.63) is 29.0 Å². The molecule has 3 heteroatoms. The third kappa shape index (κ3) is 11.3. The smallest absolute Gasteiger partial charge is 0.137 e. The van der Waals surface area contributed by atoms with Gasteiger partial charge >= 0.3 is 0 Å². The van der Waals surface area contributed by atoms with Crippen molar-refractivity contribution in [3.8, 4) is 0 Å². The number of nitrogens with zero attached hydrogens (tertiary/aromatic N) is 1. The van der Waals surface area contributed by atoms with Crippen LogP contribution in [0.5, 0.6) is 0 Å².